The number of hydrogen-bond donors (Lipinski definition) is 0. The molecule has 31 heavy (non-hydrogen) atoms. The van der Waals surface area contributed by atoms with Crippen LogP contribution in [0.5, 0.6) is 5.75 Å². The number of nitrogens with zero attached hydrogens (tertiary/aromatic N) is 1. The highest BCUT2D eigenvalue weighted by molar-refractivity contribution is 9.10. The molecule has 1 amide bonds. The van der Waals surface area contributed by atoms with E-state index < -0.39 is 8.32 Å². The first-order valence-corrected chi connectivity index (χ1v) is 14.8. The number of rotatable bonds is 5. The molecule has 0 radical (unpaired) electrons. The second-order valence-electron chi connectivity index (χ2n) is 10.1. The van der Waals surface area contributed by atoms with Crippen molar-refractivity contribution in [1.82, 2.24) is 0 Å². The molecule has 166 valence electrons. The van der Waals surface area contributed by atoms with Gasteiger partial charge in [0.25, 0.3) is 5.91 Å². The van der Waals surface area contributed by atoms with Crippen molar-refractivity contribution in [2.45, 2.75) is 64.3 Å². The third-order valence-electron chi connectivity index (χ3n) is 6.87. The van der Waals surface area contributed by atoms with Gasteiger partial charge in [-0.05, 0) is 66.7 Å². The van der Waals surface area contributed by atoms with Crippen LogP contribution in [0.15, 0.2) is 40.9 Å². The van der Waals surface area contributed by atoms with E-state index in [9.17, 15) is 4.79 Å². The minimum Gasteiger partial charge on any atom is -0.491 e. The molecule has 1 heterocycles. The Morgan fingerprint density at radius 1 is 1.19 bits per heavy atom. The Bertz CT molecular complexity index is 995. The smallest absolute Gasteiger partial charge is 0.262 e. The lowest BCUT2D eigenvalue weighted by Gasteiger charge is -2.36. The Kier molecular flexibility index (Phi) is 6.09. The highest BCUT2D eigenvalue weighted by Crippen LogP contribution is 2.43. The third kappa shape index (κ3) is 4.62. The van der Waals surface area contributed by atoms with E-state index in [-0.39, 0.29) is 10.9 Å². The van der Waals surface area contributed by atoms with Gasteiger partial charge < -0.3 is 14.1 Å². The summed E-state index contributed by atoms with van der Waals surface area (Å²) in [7, 11) is -1.93. The maximum absolute atomic E-state index is 13.6. The molecule has 0 aromatic heterocycles. The van der Waals surface area contributed by atoms with Gasteiger partial charge in [-0.2, -0.15) is 0 Å². The summed E-state index contributed by atoms with van der Waals surface area (Å²) in [5.74, 6) is 1.33. The van der Waals surface area contributed by atoms with Crippen molar-refractivity contribution in [3.8, 4) is 5.75 Å². The predicted octanol–water partition coefficient (Wildman–Crippen LogP) is 6.89. The standard InChI is InChI=1S/C25H32BrNO3Si/c1-25(2,3)31(4,5)30-16-20-21(26)7-6-8-22(20)27-13-14-29-23-15-18(17-9-10-17)11-12-19(23)24(27)28/h6-8,11-12,15,17H,9-10,13-14,16H2,1-5H3. The fourth-order valence-corrected chi connectivity index (χ4v) is 5.05. The van der Waals surface area contributed by atoms with Gasteiger partial charge in [0.2, 0.25) is 0 Å². The highest BCUT2D eigenvalue weighted by atomic mass is 79.9. The third-order valence-corrected chi connectivity index (χ3v) is 12.1. The molecule has 1 fully saturated rings. The summed E-state index contributed by atoms with van der Waals surface area (Å²) in [6.07, 6.45) is 2.46. The maximum Gasteiger partial charge on any atom is 0.262 e. The van der Waals surface area contributed by atoms with E-state index in [0.29, 0.717) is 37.0 Å². The Balaban J connectivity index is 1.64. The molecule has 0 unspecified atom stereocenters. The van der Waals surface area contributed by atoms with Crippen LogP contribution in [-0.4, -0.2) is 27.4 Å². The molecular weight excluding hydrogens is 470 g/mol. The summed E-state index contributed by atoms with van der Waals surface area (Å²) in [6, 6.07) is 12.1. The van der Waals surface area contributed by atoms with E-state index in [1.807, 2.05) is 29.2 Å². The predicted molar refractivity (Wildman–Crippen MR) is 132 cm³/mol. The zero-order chi connectivity index (χ0) is 22.4. The van der Waals surface area contributed by atoms with Gasteiger partial charge in [0, 0.05) is 10.0 Å². The number of carbonyl (C=O) groups is 1. The van der Waals surface area contributed by atoms with Crippen molar-refractivity contribution >= 4 is 35.8 Å². The van der Waals surface area contributed by atoms with Gasteiger partial charge in [0.05, 0.1) is 24.4 Å². The van der Waals surface area contributed by atoms with Crippen LogP contribution < -0.4 is 9.64 Å². The number of fused-ring (bicyclic) bond motifs is 1. The van der Waals surface area contributed by atoms with Gasteiger partial charge in [0.15, 0.2) is 8.32 Å². The van der Waals surface area contributed by atoms with Gasteiger partial charge in [0.1, 0.15) is 12.4 Å². The zero-order valence-corrected chi connectivity index (χ0v) is 21.7. The Morgan fingerprint density at radius 3 is 2.61 bits per heavy atom. The zero-order valence-electron chi connectivity index (χ0n) is 19.1. The minimum absolute atomic E-state index is 0.0125. The van der Waals surface area contributed by atoms with Crippen LogP contribution in [0.4, 0.5) is 5.69 Å². The summed E-state index contributed by atoms with van der Waals surface area (Å²) >= 11 is 3.70. The SMILES string of the molecule is CC(C)(C)[Si](C)(C)OCc1c(Br)cccc1N1CCOc2cc(C3CC3)ccc2C1=O. The van der Waals surface area contributed by atoms with E-state index in [2.05, 4.69) is 61.9 Å². The Hall–Kier alpha value is -1.63. The second kappa shape index (κ2) is 8.37. The van der Waals surface area contributed by atoms with Crippen LogP contribution in [0.1, 0.15) is 61.0 Å². The van der Waals surface area contributed by atoms with E-state index >= 15 is 0 Å². The van der Waals surface area contributed by atoms with Crippen LogP contribution in [0, 0.1) is 0 Å². The number of anilines is 1. The number of ether oxygens (including phenoxy) is 1. The lowest BCUT2D eigenvalue weighted by molar-refractivity contribution is 0.0989. The molecule has 1 aliphatic carbocycles. The van der Waals surface area contributed by atoms with Crippen molar-refractivity contribution in [2.24, 2.45) is 0 Å². The van der Waals surface area contributed by atoms with E-state index in [0.717, 1.165) is 15.7 Å². The number of carbonyl (C=O) groups excluding carboxylic acids is 1. The van der Waals surface area contributed by atoms with Crippen LogP contribution in [0.2, 0.25) is 18.1 Å². The first-order chi connectivity index (χ1) is 14.6. The van der Waals surface area contributed by atoms with Crippen LogP contribution in [0.3, 0.4) is 0 Å². The highest BCUT2D eigenvalue weighted by Gasteiger charge is 2.38. The first kappa shape index (κ1) is 22.6. The fourth-order valence-electron chi connectivity index (χ4n) is 3.64. The largest absolute Gasteiger partial charge is 0.491 e. The number of halogens is 1. The van der Waals surface area contributed by atoms with Gasteiger partial charge in [-0.25, -0.2) is 0 Å². The summed E-state index contributed by atoms with van der Waals surface area (Å²) in [4.78, 5) is 15.4. The molecule has 0 N–H and O–H groups in total. The van der Waals surface area contributed by atoms with Gasteiger partial charge in [-0.1, -0.05) is 48.8 Å². The lowest BCUT2D eigenvalue weighted by Crippen LogP contribution is -2.40. The Labute approximate surface area is 195 Å². The molecule has 1 aliphatic heterocycles. The van der Waals surface area contributed by atoms with Gasteiger partial charge in [-0.3, -0.25) is 4.79 Å². The molecule has 0 atom stereocenters. The molecule has 0 bridgehead atoms. The molecule has 4 rings (SSSR count). The van der Waals surface area contributed by atoms with Crippen LogP contribution in [-0.2, 0) is 11.0 Å². The van der Waals surface area contributed by atoms with Gasteiger partial charge in [-0.15, -0.1) is 0 Å². The van der Waals surface area contributed by atoms with E-state index in [4.69, 9.17) is 9.16 Å². The second-order valence-corrected chi connectivity index (χ2v) is 15.8. The van der Waals surface area contributed by atoms with E-state index in [1.165, 1.54) is 18.4 Å². The summed E-state index contributed by atoms with van der Waals surface area (Å²) in [5, 5.41) is 0.124. The molecular formula is C25H32BrNO3Si. The monoisotopic (exact) mass is 501 g/mol. The summed E-state index contributed by atoms with van der Waals surface area (Å²) in [6.45, 7) is 12.7. The average Bonchev–Trinajstić information content (AvgIpc) is 3.54. The van der Waals surface area contributed by atoms with Crippen molar-refractivity contribution < 1.29 is 14.0 Å². The Morgan fingerprint density at radius 2 is 1.94 bits per heavy atom. The van der Waals surface area contributed by atoms with Crippen molar-refractivity contribution in [2.75, 3.05) is 18.1 Å². The lowest BCUT2D eigenvalue weighted by atomic mass is 10.1. The fraction of sp³-hybridized carbons (Fsp3) is 0.480. The van der Waals surface area contributed by atoms with E-state index in [1.54, 1.807) is 0 Å². The van der Waals surface area contributed by atoms with Gasteiger partial charge >= 0.3 is 0 Å². The molecule has 4 nitrogen and oxygen atoms in total. The van der Waals surface area contributed by atoms with Crippen LogP contribution in [0.25, 0.3) is 0 Å². The molecule has 1 saturated carbocycles. The number of amides is 1. The molecule has 2 aromatic rings. The molecule has 2 aromatic carbocycles. The molecule has 0 saturated heterocycles. The number of benzene rings is 2. The normalized spacial score (nSPS) is 17.2. The quantitative estimate of drug-likeness (QED) is 0.418. The summed E-state index contributed by atoms with van der Waals surface area (Å²) in [5.41, 5.74) is 3.82. The maximum atomic E-state index is 13.6. The van der Waals surface area contributed by atoms with Crippen LogP contribution >= 0.6 is 15.9 Å². The first-order valence-electron chi connectivity index (χ1n) is 11.1. The van der Waals surface area contributed by atoms with Crippen molar-refractivity contribution in [3.05, 3.63) is 57.6 Å². The van der Waals surface area contributed by atoms with Crippen molar-refractivity contribution in [1.29, 1.82) is 0 Å². The molecule has 6 heteroatoms. The minimum atomic E-state index is -1.93. The topological polar surface area (TPSA) is 38.8 Å². The van der Waals surface area contributed by atoms with Crippen molar-refractivity contribution in [3.63, 3.8) is 0 Å². The average molecular weight is 503 g/mol. The molecule has 2 aliphatic rings. The number of hydrogen-bond acceptors (Lipinski definition) is 3. The molecule has 0 spiro atoms. The summed E-state index contributed by atoms with van der Waals surface area (Å²) < 4.78 is 13.5.